The van der Waals surface area contributed by atoms with Crippen LogP contribution in [0.5, 0.6) is 0 Å². The minimum atomic E-state index is -3.20. The van der Waals surface area contributed by atoms with E-state index in [-0.39, 0.29) is 5.75 Å². The maximum Gasteiger partial charge on any atom is 0.218 e. The molecule has 2 aliphatic rings. The van der Waals surface area contributed by atoms with Gasteiger partial charge in [0.25, 0.3) is 0 Å². The second-order valence-corrected chi connectivity index (χ2v) is 8.20. The number of anilines is 1. The molecule has 1 aromatic rings. The molecule has 0 aromatic heterocycles. The zero-order valence-electron chi connectivity index (χ0n) is 13.2. The van der Waals surface area contributed by atoms with Crippen LogP contribution in [-0.2, 0) is 15.8 Å². The van der Waals surface area contributed by atoms with Gasteiger partial charge in [-0.15, -0.1) is 0 Å². The quantitative estimate of drug-likeness (QED) is 0.908. The molecule has 5 nitrogen and oxygen atoms in total. The highest BCUT2D eigenvalue weighted by molar-refractivity contribution is 7.88. The molecule has 22 heavy (non-hydrogen) atoms. The van der Waals surface area contributed by atoms with Crippen LogP contribution in [0.4, 0.5) is 5.69 Å². The molecule has 2 aliphatic heterocycles. The highest BCUT2D eigenvalue weighted by atomic mass is 32.2. The number of aryl methyl sites for hydroxylation is 1. The van der Waals surface area contributed by atoms with E-state index in [1.54, 1.807) is 4.31 Å². The van der Waals surface area contributed by atoms with Crippen LogP contribution in [0.15, 0.2) is 18.2 Å². The number of sulfonamides is 1. The summed E-state index contributed by atoms with van der Waals surface area (Å²) < 4.78 is 26.9. The molecular weight excluding hydrogens is 298 g/mol. The van der Waals surface area contributed by atoms with Crippen LogP contribution in [0.2, 0.25) is 0 Å². The zero-order valence-corrected chi connectivity index (χ0v) is 14.0. The van der Waals surface area contributed by atoms with E-state index < -0.39 is 10.0 Å². The van der Waals surface area contributed by atoms with Crippen LogP contribution in [-0.4, -0.2) is 52.0 Å². The molecule has 0 radical (unpaired) electrons. The lowest BCUT2D eigenvalue weighted by Crippen LogP contribution is -2.44. The molecule has 0 saturated carbocycles. The summed E-state index contributed by atoms with van der Waals surface area (Å²) in [7, 11) is -3.20. The molecule has 3 rings (SSSR count). The summed E-state index contributed by atoms with van der Waals surface area (Å²) in [6.07, 6.45) is 1.97. The van der Waals surface area contributed by atoms with E-state index in [2.05, 4.69) is 22.3 Å². The predicted octanol–water partition coefficient (Wildman–Crippen LogP) is 1.33. The predicted molar refractivity (Wildman–Crippen MR) is 89.7 cm³/mol. The van der Waals surface area contributed by atoms with Crippen molar-refractivity contribution in [1.29, 1.82) is 0 Å². The molecule has 2 fully saturated rings. The topological polar surface area (TPSA) is 52.7 Å². The molecule has 0 spiro atoms. The van der Waals surface area contributed by atoms with Gasteiger partial charge < -0.3 is 10.2 Å². The van der Waals surface area contributed by atoms with Crippen LogP contribution >= 0.6 is 0 Å². The third kappa shape index (κ3) is 3.45. The smallest absolute Gasteiger partial charge is 0.218 e. The lowest BCUT2D eigenvalue weighted by Gasteiger charge is -2.31. The van der Waals surface area contributed by atoms with Crippen molar-refractivity contribution in [3.05, 3.63) is 29.3 Å². The number of nitrogens with zero attached hydrogens (tertiary/aromatic N) is 2. The van der Waals surface area contributed by atoms with E-state index in [9.17, 15) is 8.42 Å². The Hall–Kier alpha value is -1.11. The number of hydrogen-bond donors (Lipinski definition) is 1. The molecule has 0 atom stereocenters. The fraction of sp³-hybridized carbons (Fsp3) is 0.625. The molecule has 122 valence electrons. The van der Waals surface area contributed by atoms with Gasteiger partial charge in [-0.3, -0.25) is 0 Å². The normalized spacial score (nSPS) is 20.5. The fourth-order valence-electron chi connectivity index (χ4n) is 3.30. The first-order chi connectivity index (χ1) is 10.6. The van der Waals surface area contributed by atoms with Crippen molar-refractivity contribution in [3.8, 4) is 0 Å². The summed E-state index contributed by atoms with van der Waals surface area (Å²) >= 11 is 0. The summed E-state index contributed by atoms with van der Waals surface area (Å²) in [5.74, 6) is 0.119. The zero-order chi connectivity index (χ0) is 15.6. The van der Waals surface area contributed by atoms with Crippen LogP contribution in [0.3, 0.4) is 0 Å². The molecule has 0 amide bonds. The monoisotopic (exact) mass is 323 g/mol. The first-order valence-electron chi connectivity index (χ1n) is 8.09. The van der Waals surface area contributed by atoms with Crippen molar-refractivity contribution < 1.29 is 8.42 Å². The lowest BCUT2D eigenvalue weighted by atomic mass is 10.1. The third-order valence-electron chi connectivity index (χ3n) is 4.49. The fourth-order valence-corrected chi connectivity index (χ4v) is 4.92. The van der Waals surface area contributed by atoms with Crippen molar-refractivity contribution in [2.45, 2.75) is 25.5 Å². The second kappa shape index (κ2) is 6.56. The minimum Gasteiger partial charge on any atom is -0.369 e. The minimum absolute atomic E-state index is 0.119. The number of rotatable bonds is 4. The largest absolute Gasteiger partial charge is 0.369 e. The molecule has 1 aromatic carbocycles. The molecule has 6 heteroatoms. The Morgan fingerprint density at radius 2 is 1.77 bits per heavy atom. The van der Waals surface area contributed by atoms with Gasteiger partial charge in [-0.1, -0.05) is 17.7 Å². The molecule has 1 N–H and O–H groups in total. The summed E-state index contributed by atoms with van der Waals surface area (Å²) in [4.78, 5) is 2.30. The van der Waals surface area contributed by atoms with Gasteiger partial charge in [-0.25, -0.2) is 12.7 Å². The van der Waals surface area contributed by atoms with Gasteiger partial charge in [0, 0.05) is 45.0 Å². The van der Waals surface area contributed by atoms with Crippen molar-refractivity contribution >= 4 is 15.7 Å². The highest BCUT2D eigenvalue weighted by Gasteiger charge is 2.27. The maximum atomic E-state index is 12.6. The molecule has 2 saturated heterocycles. The Labute approximate surface area is 133 Å². The van der Waals surface area contributed by atoms with E-state index in [4.69, 9.17) is 0 Å². The Morgan fingerprint density at radius 1 is 1.09 bits per heavy atom. The average molecular weight is 323 g/mol. The van der Waals surface area contributed by atoms with Crippen LogP contribution in [0.25, 0.3) is 0 Å². The van der Waals surface area contributed by atoms with E-state index >= 15 is 0 Å². The second-order valence-electron chi connectivity index (χ2n) is 6.23. The van der Waals surface area contributed by atoms with Crippen LogP contribution in [0, 0.1) is 6.92 Å². The number of hydrogen-bond acceptors (Lipinski definition) is 4. The Morgan fingerprint density at radius 3 is 2.45 bits per heavy atom. The van der Waals surface area contributed by atoms with Gasteiger partial charge >= 0.3 is 0 Å². The Kier molecular flexibility index (Phi) is 4.70. The van der Waals surface area contributed by atoms with Gasteiger partial charge in [0.2, 0.25) is 10.0 Å². The van der Waals surface area contributed by atoms with Gasteiger partial charge in [0.05, 0.1) is 5.75 Å². The van der Waals surface area contributed by atoms with Crippen molar-refractivity contribution in [3.63, 3.8) is 0 Å². The van der Waals surface area contributed by atoms with Gasteiger partial charge in [-0.2, -0.15) is 0 Å². The lowest BCUT2D eigenvalue weighted by molar-refractivity contribution is 0.476. The number of benzene rings is 1. The van der Waals surface area contributed by atoms with Gasteiger partial charge in [0.1, 0.15) is 0 Å². The number of nitrogens with one attached hydrogen (secondary N) is 1. The van der Waals surface area contributed by atoms with Crippen molar-refractivity contribution in [2.75, 3.05) is 44.2 Å². The molecule has 0 bridgehead atoms. The Balaban J connectivity index is 1.86. The molecule has 0 unspecified atom stereocenters. The molecule has 2 heterocycles. The molecular formula is C16H25N3O2S. The van der Waals surface area contributed by atoms with Gasteiger partial charge in [-0.05, 0) is 31.4 Å². The van der Waals surface area contributed by atoms with E-state index in [0.717, 1.165) is 55.8 Å². The first-order valence-corrected chi connectivity index (χ1v) is 9.70. The van der Waals surface area contributed by atoms with Crippen LogP contribution in [0.1, 0.15) is 24.0 Å². The standard InChI is InChI=1S/C16H25N3O2S/c1-14-4-5-16(18-10-6-17-7-11-18)15(12-14)13-22(20,21)19-8-2-3-9-19/h4-5,12,17H,2-3,6-11,13H2,1H3. The van der Waals surface area contributed by atoms with Crippen molar-refractivity contribution in [1.82, 2.24) is 9.62 Å². The number of piperazine rings is 1. The summed E-state index contributed by atoms with van der Waals surface area (Å²) in [5.41, 5.74) is 3.13. The van der Waals surface area contributed by atoms with Gasteiger partial charge in [0.15, 0.2) is 0 Å². The SMILES string of the molecule is Cc1ccc(N2CCNCC2)c(CS(=O)(=O)N2CCCC2)c1. The average Bonchev–Trinajstić information content (AvgIpc) is 3.03. The highest BCUT2D eigenvalue weighted by Crippen LogP contribution is 2.26. The molecule has 0 aliphatic carbocycles. The van der Waals surface area contributed by atoms with E-state index in [1.807, 2.05) is 13.0 Å². The Bertz CT molecular complexity index is 618. The summed E-state index contributed by atoms with van der Waals surface area (Å²) in [6.45, 7) is 7.14. The van der Waals surface area contributed by atoms with Crippen LogP contribution < -0.4 is 10.2 Å². The van der Waals surface area contributed by atoms with Crippen molar-refractivity contribution in [2.24, 2.45) is 0 Å². The summed E-state index contributed by atoms with van der Waals surface area (Å²) in [6, 6.07) is 6.18. The first kappa shape index (κ1) is 15.8. The summed E-state index contributed by atoms with van der Waals surface area (Å²) in [5, 5.41) is 3.34. The van der Waals surface area contributed by atoms with E-state index in [0.29, 0.717) is 13.1 Å². The van der Waals surface area contributed by atoms with E-state index in [1.165, 1.54) is 0 Å². The maximum absolute atomic E-state index is 12.6. The third-order valence-corrected chi connectivity index (χ3v) is 6.32.